The second kappa shape index (κ2) is 7.97. The van der Waals surface area contributed by atoms with Gasteiger partial charge in [-0.3, -0.25) is 9.59 Å². The van der Waals surface area contributed by atoms with Crippen molar-refractivity contribution in [1.29, 1.82) is 0 Å². The van der Waals surface area contributed by atoms with E-state index in [0.717, 1.165) is 10.2 Å². The number of aromatic nitrogens is 2. The Balaban J connectivity index is 2.42. The third-order valence-corrected chi connectivity index (χ3v) is 4.20. The summed E-state index contributed by atoms with van der Waals surface area (Å²) in [6, 6.07) is 8.70. The molecule has 0 bridgehead atoms. The molecule has 0 aliphatic heterocycles. The van der Waals surface area contributed by atoms with Crippen molar-refractivity contribution in [3.63, 3.8) is 0 Å². The number of hydrogen-bond donors (Lipinski definition) is 1. The first-order valence-electron chi connectivity index (χ1n) is 7.81. The molecule has 0 aliphatic carbocycles. The molecular formula is C17H21ClN4O2. The molecule has 7 heteroatoms. The summed E-state index contributed by atoms with van der Waals surface area (Å²) >= 11 is 6.12. The lowest BCUT2D eigenvalue weighted by atomic mass is 10.1. The van der Waals surface area contributed by atoms with E-state index in [0.29, 0.717) is 18.8 Å². The average Bonchev–Trinajstić information content (AvgIpc) is 2.61. The SMILES string of the molecule is CCN(CC)C(=O)[C@@H](Nc1cnn(C)c(=O)c1Cl)c1ccccc1. The van der Waals surface area contributed by atoms with E-state index in [9.17, 15) is 9.59 Å². The van der Waals surface area contributed by atoms with Crippen molar-refractivity contribution >= 4 is 23.2 Å². The van der Waals surface area contributed by atoms with Crippen molar-refractivity contribution in [3.05, 3.63) is 57.5 Å². The number of hydrogen-bond acceptors (Lipinski definition) is 4. The molecule has 0 saturated heterocycles. The normalized spacial score (nSPS) is 11.8. The van der Waals surface area contributed by atoms with Gasteiger partial charge in [-0.2, -0.15) is 5.10 Å². The number of rotatable bonds is 6. The van der Waals surface area contributed by atoms with Gasteiger partial charge < -0.3 is 10.2 Å². The van der Waals surface area contributed by atoms with E-state index in [2.05, 4.69) is 10.4 Å². The van der Waals surface area contributed by atoms with Crippen LogP contribution in [0.5, 0.6) is 0 Å². The lowest BCUT2D eigenvalue weighted by molar-refractivity contribution is -0.131. The van der Waals surface area contributed by atoms with Gasteiger partial charge in [-0.15, -0.1) is 0 Å². The molecule has 0 fully saturated rings. The molecule has 0 radical (unpaired) electrons. The van der Waals surface area contributed by atoms with Crippen LogP contribution in [0.4, 0.5) is 5.69 Å². The molecule has 1 N–H and O–H groups in total. The van der Waals surface area contributed by atoms with Crippen LogP contribution < -0.4 is 10.9 Å². The van der Waals surface area contributed by atoms with Gasteiger partial charge in [-0.05, 0) is 19.4 Å². The summed E-state index contributed by atoms with van der Waals surface area (Å²) in [4.78, 5) is 26.6. The van der Waals surface area contributed by atoms with Gasteiger partial charge in [0.05, 0.1) is 11.9 Å². The molecule has 0 aliphatic rings. The number of halogens is 1. The Bertz CT molecular complexity index is 757. The first kappa shape index (κ1) is 18.0. The Kier molecular flexibility index (Phi) is 5.98. The van der Waals surface area contributed by atoms with Gasteiger partial charge in [-0.1, -0.05) is 41.9 Å². The molecule has 1 aromatic carbocycles. The minimum atomic E-state index is -0.641. The molecule has 2 aromatic rings. The predicted octanol–water partition coefficient (Wildman–Crippen LogP) is 2.46. The third-order valence-electron chi connectivity index (χ3n) is 3.83. The van der Waals surface area contributed by atoms with Crippen LogP contribution in [-0.4, -0.2) is 33.7 Å². The third kappa shape index (κ3) is 3.76. The van der Waals surface area contributed by atoms with Crippen molar-refractivity contribution in [2.45, 2.75) is 19.9 Å². The fourth-order valence-electron chi connectivity index (χ4n) is 2.42. The van der Waals surface area contributed by atoms with Crippen molar-refractivity contribution in [2.24, 2.45) is 7.05 Å². The number of nitrogens with zero attached hydrogens (tertiary/aromatic N) is 3. The Labute approximate surface area is 146 Å². The topological polar surface area (TPSA) is 67.2 Å². The summed E-state index contributed by atoms with van der Waals surface area (Å²) in [5.74, 6) is -0.0806. The summed E-state index contributed by atoms with van der Waals surface area (Å²) in [5.41, 5.74) is 0.726. The second-order valence-electron chi connectivity index (χ2n) is 5.30. The number of anilines is 1. The number of carbonyl (C=O) groups is 1. The van der Waals surface area contributed by atoms with Gasteiger partial charge in [0.1, 0.15) is 11.1 Å². The molecule has 0 saturated carbocycles. The number of amides is 1. The molecule has 1 aromatic heterocycles. The van der Waals surface area contributed by atoms with Gasteiger partial charge in [-0.25, -0.2) is 4.68 Å². The average molecular weight is 349 g/mol. The number of benzene rings is 1. The van der Waals surface area contributed by atoms with E-state index in [1.54, 1.807) is 4.90 Å². The van der Waals surface area contributed by atoms with Crippen LogP contribution in [0.15, 0.2) is 41.3 Å². The summed E-state index contributed by atoms with van der Waals surface area (Å²) in [5, 5.41) is 7.06. The molecule has 6 nitrogen and oxygen atoms in total. The second-order valence-corrected chi connectivity index (χ2v) is 5.68. The van der Waals surface area contributed by atoms with E-state index >= 15 is 0 Å². The monoisotopic (exact) mass is 348 g/mol. The largest absolute Gasteiger partial charge is 0.367 e. The molecule has 1 atom stereocenters. The van der Waals surface area contributed by atoms with Crippen LogP contribution in [-0.2, 0) is 11.8 Å². The highest BCUT2D eigenvalue weighted by Gasteiger charge is 2.25. The smallest absolute Gasteiger partial charge is 0.287 e. The van der Waals surface area contributed by atoms with Crippen molar-refractivity contribution in [2.75, 3.05) is 18.4 Å². The van der Waals surface area contributed by atoms with Crippen LogP contribution in [0.1, 0.15) is 25.5 Å². The summed E-state index contributed by atoms with van der Waals surface area (Å²) in [6.07, 6.45) is 1.45. The van der Waals surface area contributed by atoms with Crippen molar-refractivity contribution in [1.82, 2.24) is 14.7 Å². The molecule has 128 valence electrons. The van der Waals surface area contributed by atoms with Crippen LogP contribution >= 0.6 is 11.6 Å². The number of carbonyl (C=O) groups excluding carboxylic acids is 1. The highest BCUT2D eigenvalue weighted by Crippen LogP contribution is 2.24. The highest BCUT2D eigenvalue weighted by atomic mass is 35.5. The predicted molar refractivity (Wildman–Crippen MR) is 95.2 cm³/mol. The quantitative estimate of drug-likeness (QED) is 0.870. The molecule has 1 amide bonds. The van der Waals surface area contributed by atoms with Gasteiger partial charge in [0.25, 0.3) is 5.56 Å². The van der Waals surface area contributed by atoms with Crippen LogP contribution in [0.2, 0.25) is 5.02 Å². The number of likely N-dealkylation sites (N-methyl/N-ethyl adjacent to an activating group) is 1. The molecular weight excluding hydrogens is 328 g/mol. The van der Waals surface area contributed by atoms with Gasteiger partial charge >= 0.3 is 0 Å². The fraction of sp³-hybridized carbons (Fsp3) is 0.353. The minimum absolute atomic E-state index is 0.0146. The molecule has 1 heterocycles. The summed E-state index contributed by atoms with van der Waals surface area (Å²) in [7, 11) is 1.52. The zero-order chi connectivity index (χ0) is 17.7. The van der Waals surface area contributed by atoms with E-state index in [1.807, 2.05) is 44.2 Å². The Morgan fingerprint density at radius 3 is 2.50 bits per heavy atom. The maximum Gasteiger partial charge on any atom is 0.287 e. The van der Waals surface area contributed by atoms with Crippen LogP contribution in [0.3, 0.4) is 0 Å². The maximum atomic E-state index is 12.9. The standard InChI is InChI=1S/C17H21ClN4O2/c1-4-22(5-2)17(24)15(12-9-7-6-8-10-12)20-13-11-19-21(3)16(23)14(13)18/h6-11,15,20H,4-5H2,1-3H3/t15-/m0/s1. The fourth-order valence-corrected chi connectivity index (χ4v) is 2.64. The highest BCUT2D eigenvalue weighted by molar-refractivity contribution is 6.33. The first-order chi connectivity index (χ1) is 11.5. The number of nitrogens with one attached hydrogen (secondary N) is 1. The van der Waals surface area contributed by atoms with E-state index in [4.69, 9.17) is 11.6 Å². The molecule has 0 unspecified atom stereocenters. The minimum Gasteiger partial charge on any atom is -0.367 e. The lowest BCUT2D eigenvalue weighted by Crippen LogP contribution is -2.38. The van der Waals surface area contributed by atoms with Crippen molar-refractivity contribution < 1.29 is 4.79 Å². The van der Waals surface area contributed by atoms with Gasteiger partial charge in [0, 0.05) is 20.1 Å². The Morgan fingerprint density at radius 1 is 1.29 bits per heavy atom. The zero-order valence-corrected chi connectivity index (χ0v) is 14.7. The summed E-state index contributed by atoms with van der Waals surface area (Å²) < 4.78 is 1.15. The molecule has 24 heavy (non-hydrogen) atoms. The van der Waals surface area contributed by atoms with E-state index in [1.165, 1.54) is 13.2 Å². The van der Waals surface area contributed by atoms with Gasteiger partial charge in [0.15, 0.2) is 0 Å². The maximum absolute atomic E-state index is 12.9. The molecule has 2 rings (SSSR count). The lowest BCUT2D eigenvalue weighted by Gasteiger charge is -2.27. The van der Waals surface area contributed by atoms with Crippen LogP contribution in [0, 0.1) is 0 Å². The van der Waals surface area contributed by atoms with Crippen molar-refractivity contribution in [3.8, 4) is 0 Å². The van der Waals surface area contributed by atoms with Crippen LogP contribution in [0.25, 0.3) is 0 Å². The van der Waals surface area contributed by atoms with E-state index in [-0.39, 0.29) is 10.9 Å². The number of aryl methyl sites for hydroxylation is 1. The Hall–Kier alpha value is -2.34. The van der Waals surface area contributed by atoms with Gasteiger partial charge in [0.2, 0.25) is 5.91 Å². The Morgan fingerprint density at radius 2 is 1.92 bits per heavy atom. The summed E-state index contributed by atoms with van der Waals surface area (Å²) in [6.45, 7) is 5.05. The zero-order valence-electron chi connectivity index (χ0n) is 14.0. The van der Waals surface area contributed by atoms with E-state index < -0.39 is 11.6 Å². The molecule has 0 spiro atoms. The first-order valence-corrected chi connectivity index (χ1v) is 8.19.